The molecule has 0 radical (unpaired) electrons. The summed E-state index contributed by atoms with van der Waals surface area (Å²) >= 11 is 0. The van der Waals surface area contributed by atoms with E-state index < -0.39 is 5.97 Å². The molecular weight excluding hydrogens is 292 g/mol. The molecule has 0 aromatic heterocycles. The summed E-state index contributed by atoms with van der Waals surface area (Å²) in [7, 11) is 0. The van der Waals surface area contributed by atoms with Crippen LogP contribution >= 0.6 is 0 Å². The molecule has 0 unspecified atom stereocenters. The Morgan fingerprint density at radius 3 is 2.43 bits per heavy atom. The van der Waals surface area contributed by atoms with E-state index in [2.05, 4.69) is 32.0 Å². The minimum absolute atomic E-state index is 0.258. The van der Waals surface area contributed by atoms with Crippen LogP contribution in [0, 0.1) is 13.8 Å². The first kappa shape index (κ1) is 17.0. The van der Waals surface area contributed by atoms with Gasteiger partial charge in [-0.05, 0) is 49.2 Å². The quantitative estimate of drug-likeness (QED) is 0.749. The van der Waals surface area contributed by atoms with Gasteiger partial charge in [0, 0.05) is 6.42 Å². The van der Waals surface area contributed by atoms with Gasteiger partial charge in [-0.15, -0.1) is 0 Å². The number of carboxylic acids is 1. The molecule has 4 nitrogen and oxygen atoms in total. The molecule has 122 valence electrons. The number of rotatable bonds is 8. The number of carboxylic acid groups (broad SMARTS) is 1. The largest absolute Gasteiger partial charge is 0.494 e. The number of aromatic carboxylic acids is 1. The van der Waals surface area contributed by atoms with Crippen LogP contribution in [0.4, 0.5) is 0 Å². The van der Waals surface area contributed by atoms with Crippen LogP contribution in [-0.2, 0) is 11.3 Å². The van der Waals surface area contributed by atoms with Gasteiger partial charge in [-0.1, -0.05) is 23.8 Å². The van der Waals surface area contributed by atoms with Crippen LogP contribution in [-0.4, -0.2) is 24.3 Å². The molecule has 0 atom stereocenters. The maximum Gasteiger partial charge on any atom is 0.335 e. The lowest BCUT2D eigenvalue weighted by molar-refractivity contribution is 0.0697. The SMILES string of the molecule is Cc1ccc(COCCCOc2ccc(C(=O)O)cc2)c(C)c1. The van der Waals surface area contributed by atoms with E-state index in [1.165, 1.54) is 28.8 Å². The topological polar surface area (TPSA) is 55.8 Å². The van der Waals surface area contributed by atoms with Gasteiger partial charge in [-0.25, -0.2) is 4.79 Å². The maximum atomic E-state index is 10.7. The zero-order valence-corrected chi connectivity index (χ0v) is 13.5. The molecule has 0 saturated carbocycles. The Bertz CT molecular complexity index is 647. The van der Waals surface area contributed by atoms with Crippen LogP contribution in [0.2, 0.25) is 0 Å². The van der Waals surface area contributed by atoms with Crippen LogP contribution in [0.25, 0.3) is 0 Å². The molecular formula is C19H22O4. The fraction of sp³-hybridized carbons (Fsp3) is 0.316. The van der Waals surface area contributed by atoms with Crippen molar-refractivity contribution in [3.63, 3.8) is 0 Å². The van der Waals surface area contributed by atoms with Crippen molar-refractivity contribution < 1.29 is 19.4 Å². The van der Waals surface area contributed by atoms with Crippen molar-refractivity contribution in [2.75, 3.05) is 13.2 Å². The summed E-state index contributed by atoms with van der Waals surface area (Å²) in [5, 5.41) is 8.82. The summed E-state index contributed by atoms with van der Waals surface area (Å²) in [6, 6.07) is 12.8. The monoisotopic (exact) mass is 314 g/mol. The van der Waals surface area contributed by atoms with E-state index in [9.17, 15) is 4.79 Å². The molecule has 0 spiro atoms. The van der Waals surface area contributed by atoms with E-state index in [4.69, 9.17) is 14.6 Å². The van der Waals surface area contributed by atoms with Crippen molar-refractivity contribution in [2.24, 2.45) is 0 Å². The lowest BCUT2D eigenvalue weighted by atomic mass is 10.1. The highest BCUT2D eigenvalue weighted by molar-refractivity contribution is 5.87. The summed E-state index contributed by atoms with van der Waals surface area (Å²) in [5.41, 5.74) is 3.98. The van der Waals surface area contributed by atoms with E-state index >= 15 is 0 Å². The van der Waals surface area contributed by atoms with Crippen molar-refractivity contribution in [1.29, 1.82) is 0 Å². The minimum Gasteiger partial charge on any atom is -0.494 e. The van der Waals surface area contributed by atoms with E-state index in [0.29, 0.717) is 25.6 Å². The van der Waals surface area contributed by atoms with Gasteiger partial charge in [0.05, 0.1) is 25.4 Å². The Morgan fingerprint density at radius 1 is 1.04 bits per heavy atom. The molecule has 1 N–H and O–H groups in total. The second-order valence-corrected chi connectivity index (χ2v) is 5.51. The first-order chi connectivity index (χ1) is 11.1. The lowest BCUT2D eigenvalue weighted by Crippen LogP contribution is -2.04. The van der Waals surface area contributed by atoms with Crippen LogP contribution in [0.1, 0.15) is 33.5 Å². The van der Waals surface area contributed by atoms with Gasteiger partial charge < -0.3 is 14.6 Å². The van der Waals surface area contributed by atoms with E-state index in [1.807, 2.05) is 0 Å². The molecule has 2 aromatic carbocycles. The number of aryl methyl sites for hydroxylation is 2. The highest BCUT2D eigenvalue weighted by atomic mass is 16.5. The Balaban J connectivity index is 1.65. The summed E-state index contributed by atoms with van der Waals surface area (Å²) in [5.74, 6) is -0.263. The number of benzene rings is 2. The van der Waals surface area contributed by atoms with Crippen LogP contribution in [0.5, 0.6) is 5.75 Å². The molecule has 4 heteroatoms. The Hall–Kier alpha value is -2.33. The van der Waals surface area contributed by atoms with Crippen molar-refractivity contribution >= 4 is 5.97 Å². The summed E-state index contributed by atoms with van der Waals surface area (Å²) in [6.07, 6.45) is 0.783. The number of hydrogen-bond donors (Lipinski definition) is 1. The van der Waals surface area contributed by atoms with Gasteiger partial charge >= 0.3 is 5.97 Å². The van der Waals surface area contributed by atoms with Crippen molar-refractivity contribution in [3.05, 3.63) is 64.7 Å². The number of carbonyl (C=O) groups is 1. The summed E-state index contributed by atoms with van der Waals surface area (Å²) in [6.45, 7) is 5.95. The second kappa shape index (κ2) is 8.34. The summed E-state index contributed by atoms with van der Waals surface area (Å²) < 4.78 is 11.2. The van der Waals surface area contributed by atoms with Gasteiger partial charge in [0.15, 0.2) is 0 Å². The third-order valence-electron chi connectivity index (χ3n) is 3.56. The number of ether oxygens (including phenoxy) is 2. The van der Waals surface area contributed by atoms with E-state index in [1.54, 1.807) is 12.1 Å². The average Bonchev–Trinajstić information content (AvgIpc) is 2.53. The molecule has 2 aromatic rings. The molecule has 0 saturated heterocycles. The smallest absolute Gasteiger partial charge is 0.335 e. The Kier molecular flexibility index (Phi) is 6.18. The first-order valence-electron chi connectivity index (χ1n) is 7.66. The zero-order chi connectivity index (χ0) is 16.7. The van der Waals surface area contributed by atoms with E-state index in [0.717, 1.165) is 6.42 Å². The summed E-state index contributed by atoms with van der Waals surface area (Å²) in [4.78, 5) is 10.7. The molecule has 2 rings (SSSR count). The third-order valence-corrected chi connectivity index (χ3v) is 3.56. The van der Waals surface area contributed by atoms with Gasteiger partial charge in [-0.3, -0.25) is 0 Å². The minimum atomic E-state index is -0.934. The van der Waals surface area contributed by atoms with Crippen molar-refractivity contribution in [3.8, 4) is 5.75 Å². The first-order valence-corrected chi connectivity index (χ1v) is 7.66. The predicted octanol–water partition coefficient (Wildman–Crippen LogP) is 3.99. The molecule has 0 fully saturated rings. The normalized spacial score (nSPS) is 10.5. The van der Waals surface area contributed by atoms with Gasteiger partial charge in [0.1, 0.15) is 5.75 Å². The molecule has 0 aliphatic heterocycles. The lowest BCUT2D eigenvalue weighted by Gasteiger charge is -2.09. The van der Waals surface area contributed by atoms with Crippen molar-refractivity contribution in [1.82, 2.24) is 0 Å². The highest BCUT2D eigenvalue weighted by Gasteiger charge is 2.02. The third kappa shape index (κ3) is 5.42. The molecule has 0 amide bonds. The zero-order valence-electron chi connectivity index (χ0n) is 13.5. The van der Waals surface area contributed by atoms with Crippen LogP contribution in [0.3, 0.4) is 0 Å². The fourth-order valence-electron chi connectivity index (χ4n) is 2.23. The Morgan fingerprint density at radius 2 is 1.78 bits per heavy atom. The Labute approximate surface area is 136 Å². The van der Waals surface area contributed by atoms with Gasteiger partial charge in [0.2, 0.25) is 0 Å². The average molecular weight is 314 g/mol. The number of hydrogen-bond acceptors (Lipinski definition) is 3. The van der Waals surface area contributed by atoms with Crippen LogP contribution < -0.4 is 4.74 Å². The standard InChI is InChI=1S/C19H22O4/c1-14-4-5-17(15(2)12-14)13-22-10-3-11-23-18-8-6-16(7-9-18)19(20)21/h4-9,12H,3,10-11,13H2,1-2H3,(H,20,21). The molecule has 23 heavy (non-hydrogen) atoms. The molecule has 0 aliphatic carbocycles. The molecule has 0 heterocycles. The predicted molar refractivity (Wildman–Crippen MR) is 89.1 cm³/mol. The van der Waals surface area contributed by atoms with Crippen LogP contribution in [0.15, 0.2) is 42.5 Å². The molecule has 0 bridgehead atoms. The van der Waals surface area contributed by atoms with Gasteiger partial charge in [-0.2, -0.15) is 0 Å². The highest BCUT2D eigenvalue weighted by Crippen LogP contribution is 2.13. The maximum absolute atomic E-state index is 10.7. The molecule has 0 aliphatic rings. The second-order valence-electron chi connectivity index (χ2n) is 5.51. The fourth-order valence-corrected chi connectivity index (χ4v) is 2.23. The van der Waals surface area contributed by atoms with Gasteiger partial charge in [0.25, 0.3) is 0 Å². The van der Waals surface area contributed by atoms with Crippen molar-refractivity contribution in [2.45, 2.75) is 26.9 Å². The van der Waals surface area contributed by atoms with E-state index in [-0.39, 0.29) is 5.56 Å².